The lowest BCUT2D eigenvalue weighted by atomic mass is 10.2. The van der Waals surface area contributed by atoms with Crippen molar-refractivity contribution in [3.63, 3.8) is 0 Å². The first-order valence-electron chi connectivity index (χ1n) is 6.92. The molecule has 0 saturated carbocycles. The Balaban J connectivity index is 1.87. The lowest BCUT2D eigenvalue weighted by Crippen LogP contribution is -2.07. The second-order valence-electron chi connectivity index (χ2n) is 5.07. The average molecular weight is 282 g/mol. The number of rotatable bonds is 4. The first-order chi connectivity index (χ1) is 10.1. The summed E-state index contributed by atoms with van der Waals surface area (Å²) in [5.74, 6) is 1.66. The number of para-hydroxylation sites is 1. The van der Waals surface area contributed by atoms with Crippen LogP contribution < -0.4 is 5.32 Å². The molecule has 5 heteroatoms. The summed E-state index contributed by atoms with van der Waals surface area (Å²) < 4.78 is 7.24. The molecule has 3 rings (SSSR count). The maximum atomic E-state index is 5.19. The van der Waals surface area contributed by atoms with Crippen LogP contribution in [0.4, 0.5) is 5.95 Å². The SMILES string of the molecule is Cc1cn(-c2ccccc2)c(NCc2c(C)noc2C)n1. The van der Waals surface area contributed by atoms with E-state index in [1.165, 1.54) is 0 Å². The van der Waals surface area contributed by atoms with Gasteiger partial charge in [0.15, 0.2) is 0 Å². The van der Waals surface area contributed by atoms with Crippen molar-refractivity contribution < 1.29 is 4.52 Å². The fourth-order valence-electron chi connectivity index (χ4n) is 2.33. The van der Waals surface area contributed by atoms with Gasteiger partial charge in [-0.25, -0.2) is 4.98 Å². The van der Waals surface area contributed by atoms with Gasteiger partial charge in [0.05, 0.1) is 11.4 Å². The van der Waals surface area contributed by atoms with Crippen molar-refractivity contribution in [1.29, 1.82) is 0 Å². The van der Waals surface area contributed by atoms with E-state index in [1.54, 1.807) is 0 Å². The molecule has 2 heterocycles. The standard InChI is InChI=1S/C16H18N4O/c1-11-10-20(14-7-5-4-6-8-14)16(18-11)17-9-15-12(2)19-21-13(15)3/h4-8,10H,9H2,1-3H3,(H,17,18). The van der Waals surface area contributed by atoms with Crippen LogP contribution in [0.25, 0.3) is 5.69 Å². The Labute approximate surface area is 123 Å². The Kier molecular flexibility index (Phi) is 3.48. The van der Waals surface area contributed by atoms with Crippen LogP contribution in [0, 0.1) is 20.8 Å². The van der Waals surface area contributed by atoms with E-state index in [4.69, 9.17) is 4.52 Å². The van der Waals surface area contributed by atoms with Gasteiger partial charge in [-0.3, -0.25) is 4.57 Å². The number of anilines is 1. The molecule has 0 aliphatic rings. The van der Waals surface area contributed by atoms with Gasteiger partial charge in [0.25, 0.3) is 0 Å². The fourth-order valence-corrected chi connectivity index (χ4v) is 2.33. The molecule has 0 aliphatic heterocycles. The van der Waals surface area contributed by atoms with Crippen molar-refractivity contribution in [2.45, 2.75) is 27.3 Å². The van der Waals surface area contributed by atoms with E-state index in [0.29, 0.717) is 6.54 Å². The van der Waals surface area contributed by atoms with E-state index < -0.39 is 0 Å². The second kappa shape index (κ2) is 5.44. The predicted octanol–water partition coefficient (Wildman–Crippen LogP) is 3.40. The van der Waals surface area contributed by atoms with Gasteiger partial charge in [0.1, 0.15) is 5.76 Å². The van der Waals surface area contributed by atoms with Gasteiger partial charge in [-0.05, 0) is 32.9 Å². The number of benzene rings is 1. The molecule has 0 amide bonds. The molecular weight excluding hydrogens is 264 g/mol. The molecule has 5 nitrogen and oxygen atoms in total. The molecule has 1 aromatic carbocycles. The molecule has 0 atom stereocenters. The molecule has 3 aromatic rings. The van der Waals surface area contributed by atoms with E-state index in [2.05, 4.69) is 27.6 Å². The highest BCUT2D eigenvalue weighted by molar-refractivity contribution is 5.43. The lowest BCUT2D eigenvalue weighted by Gasteiger charge is -2.09. The Hall–Kier alpha value is -2.56. The minimum Gasteiger partial charge on any atom is -0.361 e. The molecule has 0 unspecified atom stereocenters. The van der Waals surface area contributed by atoms with Crippen LogP contribution in [-0.4, -0.2) is 14.7 Å². The highest BCUT2D eigenvalue weighted by atomic mass is 16.5. The van der Waals surface area contributed by atoms with Gasteiger partial charge < -0.3 is 9.84 Å². The molecule has 21 heavy (non-hydrogen) atoms. The third kappa shape index (κ3) is 2.67. The molecule has 0 aliphatic carbocycles. The van der Waals surface area contributed by atoms with Crippen molar-refractivity contribution in [1.82, 2.24) is 14.7 Å². The number of hydrogen-bond donors (Lipinski definition) is 1. The minimum absolute atomic E-state index is 0.643. The van der Waals surface area contributed by atoms with Gasteiger partial charge >= 0.3 is 0 Å². The highest BCUT2D eigenvalue weighted by Crippen LogP contribution is 2.19. The summed E-state index contributed by atoms with van der Waals surface area (Å²) >= 11 is 0. The summed E-state index contributed by atoms with van der Waals surface area (Å²) in [6, 6.07) is 10.2. The monoisotopic (exact) mass is 282 g/mol. The molecule has 0 bridgehead atoms. The van der Waals surface area contributed by atoms with E-state index >= 15 is 0 Å². The summed E-state index contributed by atoms with van der Waals surface area (Å²) in [7, 11) is 0. The Bertz CT molecular complexity index is 723. The average Bonchev–Trinajstić information content (AvgIpc) is 3.01. The Morgan fingerprint density at radius 3 is 2.57 bits per heavy atom. The van der Waals surface area contributed by atoms with Crippen LogP contribution in [0.2, 0.25) is 0 Å². The summed E-state index contributed by atoms with van der Waals surface area (Å²) in [4.78, 5) is 4.55. The van der Waals surface area contributed by atoms with Gasteiger partial charge in [-0.2, -0.15) is 0 Å². The molecule has 108 valence electrons. The second-order valence-corrected chi connectivity index (χ2v) is 5.07. The molecule has 0 spiro atoms. The van der Waals surface area contributed by atoms with Gasteiger partial charge in [-0.15, -0.1) is 0 Å². The maximum absolute atomic E-state index is 5.19. The van der Waals surface area contributed by atoms with Crippen LogP contribution in [-0.2, 0) is 6.54 Å². The quantitative estimate of drug-likeness (QED) is 0.797. The van der Waals surface area contributed by atoms with Crippen LogP contribution in [0.15, 0.2) is 41.1 Å². The summed E-state index contributed by atoms with van der Waals surface area (Å²) in [6.07, 6.45) is 2.02. The van der Waals surface area contributed by atoms with Crippen molar-refractivity contribution in [2.24, 2.45) is 0 Å². The Morgan fingerprint density at radius 2 is 1.90 bits per heavy atom. The number of hydrogen-bond acceptors (Lipinski definition) is 4. The maximum Gasteiger partial charge on any atom is 0.208 e. The smallest absolute Gasteiger partial charge is 0.208 e. The lowest BCUT2D eigenvalue weighted by molar-refractivity contribution is 0.392. The zero-order valence-electron chi connectivity index (χ0n) is 12.4. The normalized spacial score (nSPS) is 10.8. The first-order valence-corrected chi connectivity index (χ1v) is 6.92. The van der Waals surface area contributed by atoms with Crippen LogP contribution in [0.1, 0.15) is 22.7 Å². The number of nitrogens with zero attached hydrogens (tertiary/aromatic N) is 3. The van der Waals surface area contributed by atoms with E-state index in [9.17, 15) is 0 Å². The molecule has 0 radical (unpaired) electrons. The zero-order valence-corrected chi connectivity index (χ0v) is 12.4. The third-order valence-corrected chi connectivity index (χ3v) is 3.47. The number of nitrogens with one attached hydrogen (secondary N) is 1. The zero-order chi connectivity index (χ0) is 14.8. The first kappa shape index (κ1) is 13.4. The van der Waals surface area contributed by atoms with Gasteiger partial charge in [-0.1, -0.05) is 23.4 Å². The van der Waals surface area contributed by atoms with E-state index in [-0.39, 0.29) is 0 Å². The van der Waals surface area contributed by atoms with Gasteiger partial charge in [0, 0.05) is 24.0 Å². The number of aromatic nitrogens is 3. The van der Waals surface area contributed by atoms with Crippen LogP contribution >= 0.6 is 0 Å². The third-order valence-electron chi connectivity index (χ3n) is 3.47. The van der Waals surface area contributed by atoms with Crippen molar-refractivity contribution in [3.8, 4) is 5.69 Å². The fraction of sp³-hybridized carbons (Fsp3) is 0.250. The highest BCUT2D eigenvalue weighted by Gasteiger charge is 2.11. The molecule has 1 N–H and O–H groups in total. The largest absolute Gasteiger partial charge is 0.361 e. The summed E-state index contributed by atoms with van der Waals surface area (Å²) in [5.41, 5.74) is 4.05. The van der Waals surface area contributed by atoms with E-state index in [1.807, 2.05) is 49.7 Å². The van der Waals surface area contributed by atoms with Crippen LogP contribution in [0.5, 0.6) is 0 Å². The predicted molar refractivity (Wildman–Crippen MR) is 81.6 cm³/mol. The van der Waals surface area contributed by atoms with Gasteiger partial charge in [0.2, 0.25) is 5.95 Å². The number of imidazole rings is 1. The number of aryl methyl sites for hydroxylation is 3. The molecule has 0 saturated heterocycles. The Morgan fingerprint density at radius 1 is 1.14 bits per heavy atom. The van der Waals surface area contributed by atoms with Crippen molar-refractivity contribution >= 4 is 5.95 Å². The molecule has 2 aromatic heterocycles. The molecular formula is C16H18N4O. The van der Waals surface area contributed by atoms with Crippen LogP contribution in [0.3, 0.4) is 0 Å². The summed E-state index contributed by atoms with van der Waals surface area (Å²) in [5, 5.41) is 7.34. The minimum atomic E-state index is 0.643. The molecule has 0 fully saturated rings. The van der Waals surface area contributed by atoms with Crippen molar-refractivity contribution in [2.75, 3.05) is 5.32 Å². The summed E-state index contributed by atoms with van der Waals surface area (Å²) in [6.45, 7) is 6.50. The van der Waals surface area contributed by atoms with E-state index in [0.717, 1.165) is 34.3 Å². The van der Waals surface area contributed by atoms with Crippen molar-refractivity contribution in [3.05, 3.63) is 59.2 Å². The topological polar surface area (TPSA) is 55.9 Å².